The molecule has 0 radical (unpaired) electrons. The SMILES string of the molecule is CCC(N)(CC)CNc1cnn(C)c(=O)c1Br. The van der Waals surface area contributed by atoms with Gasteiger partial charge in [-0.2, -0.15) is 5.10 Å². The summed E-state index contributed by atoms with van der Waals surface area (Å²) in [4.78, 5) is 11.6. The summed E-state index contributed by atoms with van der Waals surface area (Å²) in [6.07, 6.45) is 3.38. The Labute approximate surface area is 110 Å². The number of aryl methyl sites for hydroxylation is 1. The van der Waals surface area contributed by atoms with Gasteiger partial charge in [-0.3, -0.25) is 4.79 Å². The molecule has 0 aliphatic heterocycles. The van der Waals surface area contributed by atoms with Crippen LogP contribution in [-0.2, 0) is 7.05 Å². The molecule has 0 amide bonds. The molecule has 0 bridgehead atoms. The predicted molar refractivity (Wildman–Crippen MR) is 73.2 cm³/mol. The third kappa shape index (κ3) is 3.29. The molecule has 1 aromatic heterocycles. The van der Waals surface area contributed by atoms with Crippen LogP contribution in [0.1, 0.15) is 26.7 Å². The maximum atomic E-state index is 11.6. The van der Waals surface area contributed by atoms with Crippen molar-refractivity contribution in [3.63, 3.8) is 0 Å². The number of hydrogen-bond acceptors (Lipinski definition) is 4. The molecule has 0 aliphatic rings. The first-order valence-electron chi connectivity index (χ1n) is 5.68. The van der Waals surface area contributed by atoms with E-state index < -0.39 is 0 Å². The highest BCUT2D eigenvalue weighted by molar-refractivity contribution is 9.10. The molecule has 96 valence electrons. The van der Waals surface area contributed by atoms with Crippen LogP contribution in [0.25, 0.3) is 0 Å². The van der Waals surface area contributed by atoms with Crippen LogP contribution >= 0.6 is 15.9 Å². The van der Waals surface area contributed by atoms with Crippen LogP contribution in [0.4, 0.5) is 5.69 Å². The number of halogens is 1. The van der Waals surface area contributed by atoms with E-state index in [-0.39, 0.29) is 11.1 Å². The Bertz CT molecular complexity index is 440. The largest absolute Gasteiger partial charge is 0.381 e. The Morgan fingerprint density at radius 1 is 1.53 bits per heavy atom. The smallest absolute Gasteiger partial charge is 0.282 e. The summed E-state index contributed by atoms with van der Waals surface area (Å²) in [5.41, 5.74) is 6.45. The zero-order valence-electron chi connectivity index (χ0n) is 10.5. The highest BCUT2D eigenvalue weighted by atomic mass is 79.9. The third-order valence-corrected chi connectivity index (χ3v) is 3.88. The van der Waals surface area contributed by atoms with Crippen LogP contribution < -0.4 is 16.6 Å². The van der Waals surface area contributed by atoms with Gasteiger partial charge in [0.05, 0.1) is 11.9 Å². The minimum absolute atomic E-state index is 0.161. The second-order valence-electron chi connectivity index (χ2n) is 4.22. The average Bonchev–Trinajstić information content (AvgIpc) is 2.35. The van der Waals surface area contributed by atoms with Gasteiger partial charge >= 0.3 is 0 Å². The number of anilines is 1. The predicted octanol–water partition coefficient (Wildman–Crippen LogP) is 1.47. The van der Waals surface area contributed by atoms with Gasteiger partial charge in [-0.25, -0.2) is 4.68 Å². The zero-order chi connectivity index (χ0) is 13.1. The Balaban J connectivity index is 2.84. The van der Waals surface area contributed by atoms with Gasteiger partial charge in [-0.05, 0) is 28.8 Å². The normalized spacial score (nSPS) is 11.6. The maximum absolute atomic E-state index is 11.6. The third-order valence-electron chi connectivity index (χ3n) is 3.12. The Morgan fingerprint density at radius 3 is 2.65 bits per heavy atom. The van der Waals surface area contributed by atoms with Gasteiger partial charge in [0.15, 0.2) is 0 Å². The van der Waals surface area contributed by atoms with Crippen molar-refractivity contribution >= 4 is 21.6 Å². The molecular weight excluding hydrogens is 284 g/mol. The van der Waals surface area contributed by atoms with Gasteiger partial charge in [0.2, 0.25) is 0 Å². The van der Waals surface area contributed by atoms with Gasteiger partial charge in [0.25, 0.3) is 5.56 Å². The fourth-order valence-electron chi connectivity index (χ4n) is 1.41. The quantitative estimate of drug-likeness (QED) is 0.864. The van der Waals surface area contributed by atoms with E-state index in [0.29, 0.717) is 16.7 Å². The van der Waals surface area contributed by atoms with Crippen molar-refractivity contribution in [2.45, 2.75) is 32.2 Å². The lowest BCUT2D eigenvalue weighted by Crippen LogP contribution is -2.45. The van der Waals surface area contributed by atoms with E-state index in [2.05, 4.69) is 40.2 Å². The van der Waals surface area contributed by atoms with Crippen LogP contribution in [-0.4, -0.2) is 21.9 Å². The first-order valence-corrected chi connectivity index (χ1v) is 6.47. The van der Waals surface area contributed by atoms with Gasteiger partial charge < -0.3 is 11.1 Å². The molecule has 1 aromatic rings. The molecular formula is C11H19BrN4O. The van der Waals surface area contributed by atoms with E-state index in [9.17, 15) is 4.79 Å². The first-order chi connectivity index (χ1) is 7.93. The van der Waals surface area contributed by atoms with Crippen molar-refractivity contribution in [1.82, 2.24) is 9.78 Å². The molecule has 3 N–H and O–H groups in total. The van der Waals surface area contributed by atoms with E-state index >= 15 is 0 Å². The monoisotopic (exact) mass is 302 g/mol. The molecule has 0 aliphatic carbocycles. The Hall–Kier alpha value is -0.880. The lowest BCUT2D eigenvalue weighted by atomic mass is 9.94. The Kier molecular flexibility index (Phi) is 4.70. The molecule has 0 aromatic carbocycles. The van der Waals surface area contributed by atoms with Crippen LogP contribution in [0.3, 0.4) is 0 Å². The molecule has 17 heavy (non-hydrogen) atoms. The van der Waals surface area contributed by atoms with Gasteiger partial charge in [-0.1, -0.05) is 13.8 Å². The number of nitrogens with one attached hydrogen (secondary N) is 1. The highest BCUT2D eigenvalue weighted by Crippen LogP contribution is 2.18. The van der Waals surface area contributed by atoms with E-state index in [1.165, 1.54) is 4.68 Å². The zero-order valence-corrected chi connectivity index (χ0v) is 12.0. The molecule has 0 saturated heterocycles. The molecule has 1 rings (SSSR count). The molecule has 0 unspecified atom stereocenters. The summed E-state index contributed by atoms with van der Waals surface area (Å²) in [6.45, 7) is 4.73. The number of aromatic nitrogens is 2. The number of rotatable bonds is 5. The van der Waals surface area contributed by atoms with Crippen molar-refractivity contribution in [2.75, 3.05) is 11.9 Å². The minimum atomic E-state index is -0.249. The van der Waals surface area contributed by atoms with Crippen molar-refractivity contribution in [2.24, 2.45) is 12.8 Å². The summed E-state index contributed by atoms with van der Waals surface area (Å²) < 4.78 is 1.77. The van der Waals surface area contributed by atoms with E-state index in [1.54, 1.807) is 13.2 Å². The van der Waals surface area contributed by atoms with Crippen LogP contribution in [0.15, 0.2) is 15.5 Å². The molecule has 0 fully saturated rings. The molecule has 1 heterocycles. The fourth-order valence-corrected chi connectivity index (χ4v) is 1.90. The summed E-state index contributed by atoms with van der Waals surface area (Å²) in [7, 11) is 1.61. The fraction of sp³-hybridized carbons (Fsp3) is 0.636. The summed E-state index contributed by atoms with van der Waals surface area (Å²) >= 11 is 3.27. The van der Waals surface area contributed by atoms with Gasteiger partial charge in [0, 0.05) is 19.1 Å². The second kappa shape index (κ2) is 5.64. The summed E-state index contributed by atoms with van der Waals surface area (Å²) in [6, 6.07) is 0. The molecule has 0 spiro atoms. The molecule has 6 heteroatoms. The molecule has 5 nitrogen and oxygen atoms in total. The van der Waals surface area contributed by atoms with Gasteiger partial charge in [0.1, 0.15) is 4.47 Å². The summed E-state index contributed by atoms with van der Waals surface area (Å²) in [5.74, 6) is 0. The van der Waals surface area contributed by atoms with E-state index in [4.69, 9.17) is 5.73 Å². The van der Waals surface area contributed by atoms with Crippen molar-refractivity contribution in [3.8, 4) is 0 Å². The molecule has 0 atom stereocenters. The van der Waals surface area contributed by atoms with Gasteiger partial charge in [-0.15, -0.1) is 0 Å². The highest BCUT2D eigenvalue weighted by Gasteiger charge is 2.20. The van der Waals surface area contributed by atoms with E-state index in [1.807, 2.05) is 0 Å². The molecule has 0 saturated carbocycles. The minimum Gasteiger partial charge on any atom is -0.381 e. The van der Waals surface area contributed by atoms with Crippen molar-refractivity contribution in [3.05, 3.63) is 21.0 Å². The van der Waals surface area contributed by atoms with Crippen LogP contribution in [0.5, 0.6) is 0 Å². The standard InChI is InChI=1S/C11H19BrN4O/c1-4-11(13,5-2)7-14-8-6-15-16(3)10(17)9(8)12/h6,14H,4-5,7,13H2,1-3H3. The maximum Gasteiger partial charge on any atom is 0.282 e. The number of nitrogens with zero attached hydrogens (tertiary/aromatic N) is 2. The topological polar surface area (TPSA) is 72.9 Å². The second-order valence-corrected chi connectivity index (χ2v) is 5.02. The van der Waals surface area contributed by atoms with Crippen LogP contribution in [0, 0.1) is 0 Å². The van der Waals surface area contributed by atoms with Crippen molar-refractivity contribution in [1.29, 1.82) is 0 Å². The van der Waals surface area contributed by atoms with Crippen LogP contribution in [0.2, 0.25) is 0 Å². The Morgan fingerprint density at radius 2 is 2.12 bits per heavy atom. The summed E-state index contributed by atoms with van der Waals surface area (Å²) in [5, 5.41) is 7.14. The van der Waals surface area contributed by atoms with E-state index in [0.717, 1.165) is 12.8 Å². The number of hydrogen-bond donors (Lipinski definition) is 2. The van der Waals surface area contributed by atoms with Crippen molar-refractivity contribution < 1.29 is 0 Å². The lowest BCUT2D eigenvalue weighted by molar-refractivity contribution is 0.418. The number of nitrogens with two attached hydrogens (primary N) is 1. The first kappa shape index (κ1) is 14.2. The average molecular weight is 303 g/mol. The lowest BCUT2D eigenvalue weighted by Gasteiger charge is -2.27.